The summed E-state index contributed by atoms with van der Waals surface area (Å²) >= 11 is 0. The minimum atomic E-state index is -1.75. The van der Waals surface area contributed by atoms with E-state index in [4.69, 9.17) is 33.2 Å². The monoisotopic (exact) mass is 920 g/mol. The van der Waals surface area contributed by atoms with E-state index in [1.807, 2.05) is 6.92 Å². The number of ether oxygens (including phenoxy) is 7. The van der Waals surface area contributed by atoms with E-state index in [0.29, 0.717) is 42.9 Å². The van der Waals surface area contributed by atoms with Gasteiger partial charge in [0, 0.05) is 12.3 Å². The van der Waals surface area contributed by atoms with E-state index < -0.39 is 118 Å². The topological polar surface area (TPSA) is 307 Å². The second kappa shape index (κ2) is 19.2. The fourth-order valence-electron chi connectivity index (χ4n) is 14.2. The van der Waals surface area contributed by atoms with Crippen molar-refractivity contribution in [3.8, 4) is 0 Å². The molecule has 8 rings (SSSR count). The smallest absolute Gasteiger partial charge is 0.187 e. The number of fused-ring (bicyclic) bond motifs is 7. The summed E-state index contributed by atoms with van der Waals surface area (Å²) in [5.41, 5.74) is 0.0475. The van der Waals surface area contributed by atoms with E-state index in [0.717, 1.165) is 44.9 Å². The molecule has 370 valence electrons. The van der Waals surface area contributed by atoms with Gasteiger partial charge < -0.3 is 94.4 Å². The molecule has 27 atom stereocenters. The average Bonchev–Trinajstić information content (AvgIpc) is 3.71. The average molecular weight is 921 g/mol. The van der Waals surface area contributed by atoms with Gasteiger partial charge in [0.05, 0.1) is 38.6 Å². The van der Waals surface area contributed by atoms with Crippen LogP contribution < -0.4 is 0 Å². The molecule has 0 bridgehead atoms. The van der Waals surface area contributed by atoms with Crippen LogP contribution in [0, 0.1) is 52.3 Å². The Kier molecular flexibility index (Phi) is 14.9. The Morgan fingerprint density at radius 2 is 1.20 bits per heavy atom. The SMILES string of the molecule is C[C@@H](CC[C@@]1(O)O[C@H]2C[C@@H]3[C@@H]4CC[C@@H]5C[C@@H](O[C@@H]6O[C@H](CO)[C@H](O)[C@H](O)[C@H]6O[C@@H]6O[C@H](CO)[C@@H](O)[C@@H](O)[C@H]6O)CC[C@]5(C)[C@H]4CC[C@]3(C)[C@H]2[C@@H]1C)CO[C@@H]1O[C@H](CO)[C@@H](O)[C@H](O)[C@H]1O. The summed E-state index contributed by atoms with van der Waals surface area (Å²) in [6.45, 7) is 7.28. The summed E-state index contributed by atoms with van der Waals surface area (Å²) in [6.07, 6.45) is -13.7. The second-order valence-electron chi connectivity index (χ2n) is 21.5. The standard InChI is InChI=1S/C45H76O19/c1-19(18-58-40-37(55)34(52)31(49)27(15-46)60-40)7-12-45(57)20(2)30-26(64-45)14-25-23-6-5-21-13-22(8-10-43(21,3)24(23)9-11-44(25,30)4)59-42-39(36(54)33(51)29(17-48)62-42)63-41-38(56)35(53)32(50)28(16-47)61-41/h19-42,46-57H,5-18H2,1-4H3/t19-,20-,21+,22-,23+,24-,25+,26-,27+,28+,29+,30-,31+,32+,33-,34-,35+,36-,37+,38+,39+,40+,41-,42+,43-,44-,45+/m0/s1. The molecule has 0 unspecified atom stereocenters. The van der Waals surface area contributed by atoms with Crippen molar-refractivity contribution >= 4 is 0 Å². The van der Waals surface area contributed by atoms with Gasteiger partial charge in [0.1, 0.15) is 73.2 Å². The molecule has 0 spiro atoms. The molecule has 4 aliphatic heterocycles. The Hall–Kier alpha value is -0.760. The fraction of sp³-hybridized carbons (Fsp3) is 1.00. The second-order valence-corrected chi connectivity index (χ2v) is 21.5. The van der Waals surface area contributed by atoms with Gasteiger partial charge in [-0.05, 0) is 104 Å². The van der Waals surface area contributed by atoms with Crippen molar-refractivity contribution in [2.24, 2.45) is 52.3 Å². The third-order valence-corrected chi connectivity index (χ3v) is 18.0. The third kappa shape index (κ3) is 8.65. The minimum Gasteiger partial charge on any atom is -0.394 e. The first-order valence-corrected chi connectivity index (χ1v) is 23.9. The van der Waals surface area contributed by atoms with Crippen molar-refractivity contribution in [1.82, 2.24) is 0 Å². The van der Waals surface area contributed by atoms with Crippen molar-refractivity contribution in [3.63, 3.8) is 0 Å². The molecule has 0 radical (unpaired) electrons. The van der Waals surface area contributed by atoms with Crippen LogP contribution in [-0.4, -0.2) is 198 Å². The van der Waals surface area contributed by atoms with E-state index in [1.165, 1.54) is 0 Å². The van der Waals surface area contributed by atoms with Crippen LogP contribution in [0.15, 0.2) is 0 Å². The molecule has 0 aromatic carbocycles. The molecule has 0 amide bonds. The third-order valence-electron chi connectivity index (χ3n) is 18.0. The van der Waals surface area contributed by atoms with Crippen LogP contribution in [0.5, 0.6) is 0 Å². The molecule has 8 fully saturated rings. The van der Waals surface area contributed by atoms with Gasteiger partial charge in [0.15, 0.2) is 24.7 Å². The van der Waals surface area contributed by atoms with Crippen molar-refractivity contribution < 1.29 is 94.4 Å². The van der Waals surface area contributed by atoms with Crippen LogP contribution in [0.25, 0.3) is 0 Å². The van der Waals surface area contributed by atoms with Crippen LogP contribution >= 0.6 is 0 Å². The van der Waals surface area contributed by atoms with E-state index in [-0.39, 0.29) is 47.4 Å². The summed E-state index contributed by atoms with van der Waals surface area (Å²) in [4.78, 5) is 0. The van der Waals surface area contributed by atoms with Crippen LogP contribution in [0.4, 0.5) is 0 Å². The highest BCUT2D eigenvalue weighted by Gasteiger charge is 2.68. The quantitative estimate of drug-likeness (QED) is 0.0909. The molecule has 19 heteroatoms. The van der Waals surface area contributed by atoms with Crippen molar-refractivity contribution in [2.75, 3.05) is 26.4 Å². The molecule has 8 aliphatic rings. The minimum absolute atomic E-state index is 0.00000712. The summed E-state index contributed by atoms with van der Waals surface area (Å²) in [5.74, 6) is 0.532. The molecule has 4 aliphatic carbocycles. The Morgan fingerprint density at radius 1 is 0.625 bits per heavy atom. The molecule has 4 saturated heterocycles. The highest BCUT2D eigenvalue weighted by atomic mass is 16.8. The summed E-state index contributed by atoms with van der Waals surface area (Å²) in [6, 6.07) is 0. The van der Waals surface area contributed by atoms with Crippen LogP contribution in [0.3, 0.4) is 0 Å². The number of rotatable bonds is 13. The van der Waals surface area contributed by atoms with E-state index in [1.54, 1.807) is 0 Å². The molecule has 4 heterocycles. The first-order chi connectivity index (χ1) is 30.3. The highest BCUT2D eigenvalue weighted by Crippen LogP contribution is 2.71. The van der Waals surface area contributed by atoms with Gasteiger partial charge in [0.2, 0.25) is 0 Å². The fourth-order valence-corrected chi connectivity index (χ4v) is 14.2. The lowest BCUT2D eigenvalue weighted by molar-refractivity contribution is -0.373. The van der Waals surface area contributed by atoms with Crippen molar-refractivity contribution in [2.45, 2.75) is 202 Å². The largest absolute Gasteiger partial charge is 0.394 e. The zero-order chi connectivity index (χ0) is 46.2. The molecule has 64 heavy (non-hydrogen) atoms. The van der Waals surface area contributed by atoms with Gasteiger partial charge in [-0.3, -0.25) is 0 Å². The maximum absolute atomic E-state index is 12.1. The van der Waals surface area contributed by atoms with Crippen LogP contribution in [0.1, 0.15) is 91.9 Å². The van der Waals surface area contributed by atoms with Crippen LogP contribution in [-0.2, 0) is 33.2 Å². The molecule has 0 aromatic heterocycles. The molecule has 0 aromatic rings. The zero-order valence-corrected chi connectivity index (χ0v) is 37.5. The van der Waals surface area contributed by atoms with Gasteiger partial charge in [0.25, 0.3) is 0 Å². The lowest BCUT2D eigenvalue weighted by Gasteiger charge is -2.61. The van der Waals surface area contributed by atoms with E-state index in [2.05, 4.69) is 20.8 Å². The predicted octanol–water partition coefficient (Wildman–Crippen LogP) is -1.78. The Bertz CT molecular complexity index is 1560. The Balaban J connectivity index is 0.869. The number of aliphatic hydroxyl groups excluding tert-OH is 11. The first kappa shape index (κ1) is 49.7. The summed E-state index contributed by atoms with van der Waals surface area (Å²) in [5, 5.41) is 125. The van der Waals surface area contributed by atoms with Gasteiger partial charge in [-0.25, -0.2) is 0 Å². The molecule has 12 N–H and O–H groups in total. The maximum Gasteiger partial charge on any atom is 0.187 e. The van der Waals surface area contributed by atoms with Gasteiger partial charge >= 0.3 is 0 Å². The lowest BCUT2D eigenvalue weighted by Crippen LogP contribution is -2.65. The lowest BCUT2D eigenvalue weighted by atomic mass is 9.44. The van der Waals surface area contributed by atoms with Crippen molar-refractivity contribution in [3.05, 3.63) is 0 Å². The summed E-state index contributed by atoms with van der Waals surface area (Å²) < 4.78 is 42.0. The normalized spacial score (nSPS) is 55.6. The molecule has 4 saturated carbocycles. The Morgan fingerprint density at radius 3 is 1.84 bits per heavy atom. The van der Waals surface area contributed by atoms with Gasteiger partial charge in [-0.2, -0.15) is 0 Å². The first-order valence-electron chi connectivity index (χ1n) is 23.9. The Labute approximate surface area is 374 Å². The molecular weight excluding hydrogens is 844 g/mol. The molecule has 19 nitrogen and oxygen atoms in total. The van der Waals surface area contributed by atoms with Gasteiger partial charge in [-0.1, -0.05) is 27.7 Å². The maximum atomic E-state index is 12.1. The van der Waals surface area contributed by atoms with Crippen molar-refractivity contribution in [1.29, 1.82) is 0 Å². The predicted molar refractivity (Wildman–Crippen MR) is 219 cm³/mol. The number of aliphatic hydroxyl groups is 12. The van der Waals surface area contributed by atoms with Gasteiger partial charge in [-0.15, -0.1) is 0 Å². The number of hydrogen-bond acceptors (Lipinski definition) is 19. The van der Waals surface area contributed by atoms with E-state index in [9.17, 15) is 61.3 Å². The summed E-state index contributed by atoms with van der Waals surface area (Å²) in [7, 11) is 0. The van der Waals surface area contributed by atoms with Crippen LogP contribution in [0.2, 0.25) is 0 Å². The molecular formula is C45H76O19. The van der Waals surface area contributed by atoms with E-state index >= 15 is 0 Å². The highest BCUT2D eigenvalue weighted by molar-refractivity contribution is 5.15. The number of hydrogen-bond donors (Lipinski definition) is 12. The zero-order valence-electron chi connectivity index (χ0n) is 37.5.